The molecule has 0 atom stereocenters. The van der Waals surface area contributed by atoms with Crippen LogP contribution in [0.4, 0.5) is 5.69 Å². The molecule has 0 unspecified atom stereocenters. The molecule has 2 aromatic carbocycles. The Hall–Kier alpha value is -2.66. The number of halogens is 1. The van der Waals surface area contributed by atoms with E-state index < -0.39 is 18.5 Å². The van der Waals surface area contributed by atoms with E-state index in [9.17, 15) is 14.4 Å². The molecule has 0 radical (unpaired) electrons. The summed E-state index contributed by atoms with van der Waals surface area (Å²) in [6, 6.07) is 10.5. The van der Waals surface area contributed by atoms with Crippen molar-refractivity contribution in [3.8, 4) is 0 Å². The third-order valence-corrected chi connectivity index (χ3v) is 4.45. The number of aryl methyl sites for hydroxylation is 3. The Kier molecular flexibility index (Phi) is 7.13. The number of Topliss-reactive ketones (excluding diaryl/α,β-unsaturated/α-hetero) is 1. The van der Waals surface area contributed by atoms with E-state index in [1.807, 2.05) is 32.9 Å². The lowest BCUT2D eigenvalue weighted by atomic mass is 10.0. The van der Waals surface area contributed by atoms with E-state index in [2.05, 4.69) is 5.32 Å². The molecule has 0 saturated heterocycles. The Morgan fingerprint density at radius 1 is 0.926 bits per heavy atom. The first kappa shape index (κ1) is 20.6. The lowest BCUT2D eigenvalue weighted by molar-refractivity contribution is -0.147. The fourth-order valence-corrected chi connectivity index (χ4v) is 2.67. The zero-order valence-corrected chi connectivity index (χ0v) is 16.4. The molecular formula is C21H22ClNO4. The minimum absolute atomic E-state index is 0.0409. The number of benzene rings is 2. The second-order valence-corrected chi connectivity index (χ2v) is 6.83. The number of rotatable bonds is 7. The number of nitrogens with one attached hydrogen (secondary N) is 1. The molecule has 1 amide bonds. The molecule has 0 aromatic heterocycles. The van der Waals surface area contributed by atoms with Crippen molar-refractivity contribution in [3.05, 3.63) is 63.7 Å². The maximum Gasteiger partial charge on any atom is 0.306 e. The first-order valence-electron chi connectivity index (χ1n) is 8.58. The number of carbonyl (C=O) groups is 3. The molecule has 2 aromatic rings. The number of hydrogen-bond acceptors (Lipinski definition) is 4. The molecule has 0 fully saturated rings. The summed E-state index contributed by atoms with van der Waals surface area (Å²) in [6.45, 7) is 5.31. The molecule has 0 aliphatic rings. The number of anilines is 1. The van der Waals surface area contributed by atoms with Crippen LogP contribution in [0.2, 0.25) is 5.02 Å². The van der Waals surface area contributed by atoms with Crippen molar-refractivity contribution in [1.29, 1.82) is 0 Å². The summed E-state index contributed by atoms with van der Waals surface area (Å²) in [5.74, 6) is -1.17. The van der Waals surface area contributed by atoms with E-state index in [0.29, 0.717) is 16.3 Å². The molecule has 0 spiro atoms. The average Bonchev–Trinajstić information content (AvgIpc) is 2.62. The molecule has 0 heterocycles. The van der Waals surface area contributed by atoms with Crippen LogP contribution in [0.3, 0.4) is 0 Å². The van der Waals surface area contributed by atoms with Crippen LogP contribution in [-0.2, 0) is 14.3 Å². The van der Waals surface area contributed by atoms with Crippen LogP contribution in [0.25, 0.3) is 0 Å². The Balaban J connectivity index is 1.77. The van der Waals surface area contributed by atoms with Crippen LogP contribution < -0.4 is 5.32 Å². The van der Waals surface area contributed by atoms with Crippen molar-refractivity contribution >= 4 is 34.9 Å². The SMILES string of the molecule is Cc1ccc(C(=O)CCC(=O)OCC(=O)Nc2ccc(Cl)cc2C)cc1C. The summed E-state index contributed by atoms with van der Waals surface area (Å²) in [4.78, 5) is 35.9. The van der Waals surface area contributed by atoms with E-state index in [0.717, 1.165) is 16.7 Å². The zero-order valence-electron chi connectivity index (χ0n) is 15.6. The molecule has 0 saturated carbocycles. The molecule has 1 N–H and O–H groups in total. The number of amides is 1. The van der Waals surface area contributed by atoms with Gasteiger partial charge >= 0.3 is 5.97 Å². The minimum atomic E-state index is -0.588. The molecule has 0 aliphatic carbocycles. The van der Waals surface area contributed by atoms with E-state index in [1.165, 1.54) is 0 Å². The van der Waals surface area contributed by atoms with E-state index in [4.69, 9.17) is 16.3 Å². The van der Waals surface area contributed by atoms with Gasteiger partial charge in [0, 0.05) is 22.7 Å². The fraction of sp³-hybridized carbons (Fsp3) is 0.286. The van der Waals surface area contributed by atoms with E-state index in [1.54, 1.807) is 24.3 Å². The highest BCUT2D eigenvalue weighted by Crippen LogP contribution is 2.19. The Labute approximate surface area is 163 Å². The number of ether oxygens (including phenoxy) is 1. The highest BCUT2D eigenvalue weighted by molar-refractivity contribution is 6.30. The highest BCUT2D eigenvalue weighted by Gasteiger charge is 2.13. The van der Waals surface area contributed by atoms with Crippen molar-refractivity contribution in [3.63, 3.8) is 0 Å². The molecule has 2 rings (SSSR count). The lowest BCUT2D eigenvalue weighted by Gasteiger charge is -2.09. The van der Waals surface area contributed by atoms with Gasteiger partial charge < -0.3 is 10.1 Å². The van der Waals surface area contributed by atoms with Crippen molar-refractivity contribution in [2.75, 3.05) is 11.9 Å². The second kappa shape index (κ2) is 9.33. The van der Waals surface area contributed by atoms with Gasteiger partial charge in [-0.05, 0) is 61.7 Å². The van der Waals surface area contributed by atoms with Gasteiger partial charge in [-0.2, -0.15) is 0 Å². The maximum atomic E-state index is 12.2. The second-order valence-electron chi connectivity index (χ2n) is 6.39. The number of carbonyl (C=O) groups excluding carboxylic acids is 3. The topological polar surface area (TPSA) is 72.5 Å². The van der Waals surface area contributed by atoms with Gasteiger partial charge in [-0.15, -0.1) is 0 Å². The van der Waals surface area contributed by atoms with Crippen LogP contribution in [0.5, 0.6) is 0 Å². The van der Waals surface area contributed by atoms with Gasteiger partial charge in [-0.25, -0.2) is 0 Å². The highest BCUT2D eigenvalue weighted by atomic mass is 35.5. The molecule has 0 bridgehead atoms. The number of esters is 1. The lowest BCUT2D eigenvalue weighted by Crippen LogP contribution is -2.21. The summed E-state index contributed by atoms with van der Waals surface area (Å²) < 4.78 is 4.94. The van der Waals surface area contributed by atoms with Crippen molar-refractivity contribution in [1.82, 2.24) is 0 Å². The Morgan fingerprint density at radius 2 is 1.67 bits per heavy atom. The third-order valence-electron chi connectivity index (χ3n) is 4.21. The van der Waals surface area contributed by atoms with Gasteiger partial charge in [0.25, 0.3) is 5.91 Å². The van der Waals surface area contributed by atoms with Gasteiger partial charge in [0.1, 0.15) is 0 Å². The quantitative estimate of drug-likeness (QED) is 0.564. The third kappa shape index (κ3) is 6.22. The van der Waals surface area contributed by atoms with Crippen LogP contribution >= 0.6 is 11.6 Å². The monoisotopic (exact) mass is 387 g/mol. The Bertz CT molecular complexity index is 876. The minimum Gasteiger partial charge on any atom is -0.456 e. The van der Waals surface area contributed by atoms with Gasteiger partial charge in [-0.3, -0.25) is 14.4 Å². The number of hydrogen-bond donors (Lipinski definition) is 1. The van der Waals surface area contributed by atoms with Crippen LogP contribution in [-0.4, -0.2) is 24.3 Å². The van der Waals surface area contributed by atoms with Crippen LogP contribution in [0.1, 0.15) is 39.9 Å². The average molecular weight is 388 g/mol. The van der Waals surface area contributed by atoms with Gasteiger partial charge in [0.2, 0.25) is 0 Å². The van der Waals surface area contributed by atoms with Crippen molar-refractivity contribution < 1.29 is 19.1 Å². The zero-order chi connectivity index (χ0) is 20.0. The molecule has 27 heavy (non-hydrogen) atoms. The summed E-state index contributed by atoms with van der Waals surface area (Å²) in [6.07, 6.45) is -0.0295. The normalized spacial score (nSPS) is 10.4. The Morgan fingerprint density at radius 3 is 2.33 bits per heavy atom. The maximum absolute atomic E-state index is 12.2. The number of ketones is 1. The van der Waals surface area contributed by atoms with Crippen LogP contribution in [0.15, 0.2) is 36.4 Å². The van der Waals surface area contributed by atoms with E-state index >= 15 is 0 Å². The summed E-state index contributed by atoms with van der Waals surface area (Å²) >= 11 is 5.87. The summed E-state index contributed by atoms with van der Waals surface area (Å²) in [5.41, 5.74) is 4.11. The van der Waals surface area contributed by atoms with Gasteiger partial charge in [0.05, 0.1) is 6.42 Å². The first-order chi connectivity index (χ1) is 12.8. The molecule has 142 valence electrons. The van der Waals surface area contributed by atoms with Gasteiger partial charge in [0.15, 0.2) is 12.4 Å². The van der Waals surface area contributed by atoms with Crippen molar-refractivity contribution in [2.45, 2.75) is 33.6 Å². The molecule has 6 heteroatoms. The molecule has 0 aliphatic heterocycles. The predicted molar refractivity (Wildman–Crippen MR) is 105 cm³/mol. The standard InChI is InChI=1S/C21H22ClNO4/c1-13-4-5-16(10-14(13)2)19(24)8-9-21(26)27-12-20(25)23-18-7-6-17(22)11-15(18)3/h4-7,10-11H,8-9,12H2,1-3H3,(H,23,25). The van der Waals surface area contributed by atoms with Crippen LogP contribution in [0, 0.1) is 20.8 Å². The fourth-order valence-electron chi connectivity index (χ4n) is 2.45. The summed E-state index contributed by atoms with van der Waals surface area (Å²) in [7, 11) is 0. The molecule has 5 nitrogen and oxygen atoms in total. The predicted octanol–water partition coefficient (Wildman–Crippen LogP) is 4.41. The van der Waals surface area contributed by atoms with E-state index in [-0.39, 0.29) is 18.6 Å². The smallest absolute Gasteiger partial charge is 0.306 e. The van der Waals surface area contributed by atoms with Gasteiger partial charge in [-0.1, -0.05) is 23.7 Å². The largest absolute Gasteiger partial charge is 0.456 e. The molecular weight excluding hydrogens is 366 g/mol. The first-order valence-corrected chi connectivity index (χ1v) is 8.96. The summed E-state index contributed by atoms with van der Waals surface area (Å²) in [5, 5.41) is 3.23. The van der Waals surface area contributed by atoms with Crippen molar-refractivity contribution in [2.24, 2.45) is 0 Å².